The van der Waals surface area contributed by atoms with Gasteiger partial charge in [0.15, 0.2) is 5.82 Å². The van der Waals surface area contributed by atoms with E-state index in [-0.39, 0.29) is 12.1 Å². The number of fused-ring (bicyclic) bond motifs is 3. The third-order valence-electron chi connectivity index (χ3n) is 6.07. The molecule has 4 heterocycles. The summed E-state index contributed by atoms with van der Waals surface area (Å²) in [6, 6.07) is 15.3. The topological polar surface area (TPSA) is 95.2 Å². The first-order chi connectivity index (χ1) is 15.3. The average Bonchev–Trinajstić information content (AvgIpc) is 3.06. The molecule has 0 fully saturated rings. The average molecular weight is 416 g/mol. The monoisotopic (exact) mass is 415 g/mol. The van der Waals surface area contributed by atoms with Crippen molar-refractivity contribution in [2.45, 2.75) is 18.6 Å². The van der Waals surface area contributed by atoms with Gasteiger partial charge in [0.25, 0.3) is 5.88 Å². The van der Waals surface area contributed by atoms with Crippen LogP contribution in [0.15, 0.2) is 48.7 Å². The van der Waals surface area contributed by atoms with E-state index in [2.05, 4.69) is 79.0 Å². The van der Waals surface area contributed by atoms with Crippen LogP contribution in [-0.2, 0) is 6.54 Å². The van der Waals surface area contributed by atoms with Gasteiger partial charge in [-0.15, -0.1) is 0 Å². The predicted molar refractivity (Wildman–Crippen MR) is 122 cm³/mol. The van der Waals surface area contributed by atoms with Gasteiger partial charge < -0.3 is 31.3 Å². The molecular formula is C23H25N7O. The summed E-state index contributed by atoms with van der Waals surface area (Å²) in [7, 11) is 0. The van der Waals surface area contributed by atoms with Crippen LogP contribution in [0.25, 0.3) is 0 Å². The van der Waals surface area contributed by atoms with Crippen molar-refractivity contribution in [1.82, 2.24) is 15.3 Å². The molecule has 31 heavy (non-hydrogen) atoms. The standard InChI is InChI=1S/C23H25N7O/c1-2-4-16-15(3-1)10-25-19(11-26-16)14-5-6-17-18(9-14)27-12-20(29-17)21-13-28-22-23(30-21)31-8-7-24-22/h1-6,9,13,19-20,25-27,29H,7-8,10-12H2,(H,24,28). The summed E-state index contributed by atoms with van der Waals surface area (Å²) in [5, 5.41) is 17.6. The van der Waals surface area contributed by atoms with Gasteiger partial charge in [-0.3, -0.25) is 0 Å². The number of aromatic nitrogens is 2. The molecular weight excluding hydrogens is 390 g/mol. The van der Waals surface area contributed by atoms with Gasteiger partial charge in [-0.05, 0) is 29.3 Å². The Hall–Kier alpha value is -3.52. The van der Waals surface area contributed by atoms with Crippen LogP contribution < -0.4 is 31.3 Å². The number of para-hydroxylation sites is 1. The third kappa shape index (κ3) is 3.48. The molecule has 1 aromatic heterocycles. The Morgan fingerprint density at radius 1 is 0.903 bits per heavy atom. The maximum atomic E-state index is 5.64. The van der Waals surface area contributed by atoms with Gasteiger partial charge >= 0.3 is 0 Å². The van der Waals surface area contributed by atoms with Crippen molar-refractivity contribution in [3.63, 3.8) is 0 Å². The van der Waals surface area contributed by atoms with Gasteiger partial charge in [0.2, 0.25) is 0 Å². The van der Waals surface area contributed by atoms with Gasteiger partial charge in [0, 0.05) is 31.4 Å². The molecule has 6 rings (SSSR count). The second-order valence-electron chi connectivity index (χ2n) is 8.08. The van der Waals surface area contributed by atoms with Crippen molar-refractivity contribution >= 4 is 22.9 Å². The zero-order chi connectivity index (χ0) is 20.6. The highest BCUT2D eigenvalue weighted by atomic mass is 16.5. The highest BCUT2D eigenvalue weighted by Gasteiger charge is 2.24. The SMILES string of the molecule is c1ccc2c(c1)CNC(c1ccc3c(c1)NCC(c1cnc4c(n1)OCCN4)N3)CN2. The van der Waals surface area contributed by atoms with Gasteiger partial charge in [0.1, 0.15) is 6.61 Å². The fourth-order valence-electron chi connectivity index (χ4n) is 4.37. The summed E-state index contributed by atoms with van der Waals surface area (Å²) in [5.41, 5.74) is 6.83. The predicted octanol–water partition coefficient (Wildman–Crippen LogP) is 3.12. The molecule has 2 atom stereocenters. The summed E-state index contributed by atoms with van der Waals surface area (Å²) in [4.78, 5) is 9.13. The highest BCUT2D eigenvalue weighted by molar-refractivity contribution is 5.73. The first-order valence-electron chi connectivity index (χ1n) is 10.8. The van der Waals surface area contributed by atoms with E-state index in [0.717, 1.165) is 49.1 Å². The molecule has 0 saturated heterocycles. The zero-order valence-corrected chi connectivity index (χ0v) is 17.1. The van der Waals surface area contributed by atoms with E-state index in [0.29, 0.717) is 12.5 Å². The summed E-state index contributed by atoms with van der Waals surface area (Å²) < 4.78 is 5.64. The Balaban J connectivity index is 1.19. The number of nitrogens with one attached hydrogen (secondary N) is 5. The molecule has 3 aliphatic rings. The Labute approximate surface area is 180 Å². The molecule has 0 bridgehead atoms. The lowest BCUT2D eigenvalue weighted by Crippen LogP contribution is -2.29. The maximum absolute atomic E-state index is 5.64. The quantitative estimate of drug-likeness (QED) is 0.436. The van der Waals surface area contributed by atoms with E-state index in [1.54, 1.807) is 0 Å². The van der Waals surface area contributed by atoms with Crippen LogP contribution in [0.4, 0.5) is 22.9 Å². The van der Waals surface area contributed by atoms with Crippen LogP contribution in [0.1, 0.15) is 28.9 Å². The second-order valence-corrected chi connectivity index (χ2v) is 8.08. The molecule has 0 aliphatic carbocycles. The molecule has 158 valence electrons. The Morgan fingerprint density at radius 2 is 1.81 bits per heavy atom. The first kappa shape index (κ1) is 18.3. The second kappa shape index (κ2) is 7.63. The molecule has 0 amide bonds. The highest BCUT2D eigenvalue weighted by Crippen LogP contribution is 2.35. The third-order valence-corrected chi connectivity index (χ3v) is 6.07. The van der Waals surface area contributed by atoms with Crippen molar-refractivity contribution in [1.29, 1.82) is 0 Å². The summed E-state index contributed by atoms with van der Waals surface area (Å²) in [6.45, 7) is 3.82. The molecule has 2 aromatic carbocycles. The number of nitrogens with zero attached hydrogens (tertiary/aromatic N) is 2. The summed E-state index contributed by atoms with van der Waals surface area (Å²) in [5.74, 6) is 1.30. The van der Waals surface area contributed by atoms with Gasteiger partial charge in [-0.2, -0.15) is 0 Å². The summed E-state index contributed by atoms with van der Waals surface area (Å²) in [6.07, 6.45) is 1.82. The molecule has 3 aromatic rings. The lowest BCUT2D eigenvalue weighted by atomic mass is 10.0. The number of ether oxygens (including phenoxy) is 1. The Morgan fingerprint density at radius 3 is 2.81 bits per heavy atom. The fraction of sp³-hybridized carbons (Fsp3) is 0.304. The molecule has 3 aliphatic heterocycles. The Bertz CT molecular complexity index is 1090. The number of rotatable bonds is 2. The lowest BCUT2D eigenvalue weighted by molar-refractivity contribution is 0.306. The first-order valence-corrected chi connectivity index (χ1v) is 10.8. The zero-order valence-electron chi connectivity index (χ0n) is 17.1. The minimum absolute atomic E-state index is 0.0360. The minimum Gasteiger partial charge on any atom is -0.473 e. The molecule has 8 heteroatoms. The Kier molecular flexibility index (Phi) is 4.49. The molecule has 8 nitrogen and oxygen atoms in total. The van der Waals surface area contributed by atoms with Gasteiger partial charge in [-0.25, -0.2) is 9.97 Å². The van der Waals surface area contributed by atoms with Crippen molar-refractivity contribution in [3.05, 3.63) is 65.5 Å². The number of hydrogen-bond donors (Lipinski definition) is 5. The largest absolute Gasteiger partial charge is 0.473 e. The van der Waals surface area contributed by atoms with Crippen LogP contribution in [0, 0.1) is 0 Å². The van der Waals surface area contributed by atoms with E-state index in [4.69, 9.17) is 4.74 Å². The maximum Gasteiger partial charge on any atom is 0.257 e. The number of benzene rings is 2. The van der Waals surface area contributed by atoms with Gasteiger partial charge in [0.05, 0.1) is 35.9 Å². The molecule has 2 unspecified atom stereocenters. The smallest absolute Gasteiger partial charge is 0.257 e. The molecule has 5 N–H and O–H groups in total. The molecule has 0 radical (unpaired) electrons. The van der Waals surface area contributed by atoms with E-state index in [9.17, 15) is 0 Å². The van der Waals surface area contributed by atoms with Crippen molar-refractivity contribution in [3.8, 4) is 5.88 Å². The van der Waals surface area contributed by atoms with Crippen LogP contribution in [0.3, 0.4) is 0 Å². The van der Waals surface area contributed by atoms with Crippen molar-refractivity contribution in [2.75, 3.05) is 47.5 Å². The van der Waals surface area contributed by atoms with Gasteiger partial charge in [-0.1, -0.05) is 24.3 Å². The van der Waals surface area contributed by atoms with Crippen LogP contribution in [-0.4, -0.2) is 36.2 Å². The number of hydrogen-bond acceptors (Lipinski definition) is 8. The molecule has 0 spiro atoms. The van der Waals surface area contributed by atoms with E-state index in [1.807, 2.05) is 6.20 Å². The van der Waals surface area contributed by atoms with Crippen molar-refractivity contribution in [2.24, 2.45) is 0 Å². The minimum atomic E-state index is 0.0360. The normalized spacial score (nSPS) is 21.4. The van der Waals surface area contributed by atoms with E-state index in [1.165, 1.54) is 16.8 Å². The van der Waals surface area contributed by atoms with Crippen LogP contribution in [0.5, 0.6) is 5.88 Å². The van der Waals surface area contributed by atoms with E-state index < -0.39 is 0 Å². The fourth-order valence-corrected chi connectivity index (χ4v) is 4.37. The van der Waals surface area contributed by atoms with Crippen LogP contribution in [0.2, 0.25) is 0 Å². The molecule has 0 saturated carbocycles. The summed E-state index contributed by atoms with van der Waals surface area (Å²) >= 11 is 0. The van der Waals surface area contributed by atoms with Crippen molar-refractivity contribution < 1.29 is 4.74 Å². The van der Waals surface area contributed by atoms with Crippen LogP contribution >= 0.6 is 0 Å². The number of anilines is 4. The van der Waals surface area contributed by atoms with E-state index >= 15 is 0 Å². The lowest BCUT2D eigenvalue weighted by Gasteiger charge is -2.29.